The van der Waals surface area contributed by atoms with Crippen LogP contribution in [-0.4, -0.2) is 18.4 Å². The summed E-state index contributed by atoms with van der Waals surface area (Å²) >= 11 is 6.12. The van der Waals surface area contributed by atoms with Crippen LogP contribution in [0.1, 0.15) is 23.6 Å². The van der Waals surface area contributed by atoms with Crippen molar-refractivity contribution in [3.63, 3.8) is 0 Å². The minimum atomic E-state index is -0.215. The van der Waals surface area contributed by atoms with Gasteiger partial charge in [-0.15, -0.1) is 0 Å². The minimum absolute atomic E-state index is 0.0393. The second-order valence-corrected chi connectivity index (χ2v) is 6.10. The Morgan fingerprint density at radius 2 is 1.79 bits per heavy atom. The number of amides is 2. The highest BCUT2D eigenvalue weighted by Gasteiger charge is 2.18. The molecule has 24 heavy (non-hydrogen) atoms. The fourth-order valence-electron chi connectivity index (χ4n) is 2.46. The maximum Gasteiger partial charge on any atom is 0.240 e. The Morgan fingerprint density at radius 1 is 1.08 bits per heavy atom. The molecule has 0 aromatic heterocycles. The van der Waals surface area contributed by atoms with Gasteiger partial charge in [-0.1, -0.05) is 41.9 Å². The molecule has 0 radical (unpaired) electrons. The molecule has 0 fully saturated rings. The lowest BCUT2D eigenvalue weighted by Crippen LogP contribution is -2.40. The summed E-state index contributed by atoms with van der Waals surface area (Å²) in [6.45, 7) is 5.67. The van der Waals surface area contributed by atoms with Crippen LogP contribution in [0.3, 0.4) is 0 Å². The Labute approximate surface area is 147 Å². The van der Waals surface area contributed by atoms with Crippen LogP contribution in [0.15, 0.2) is 42.5 Å². The van der Waals surface area contributed by atoms with Crippen molar-refractivity contribution in [2.45, 2.75) is 27.3 Å². The van der Waals surface area contributed by atoms with E-state index in [1.165, 1.54) is 11.8 Å². The van der Waals surface area contributed by atoms with Crippen LogP contribution >= 0.6 is 11.6 Å². The molecular formula is C19H21ClN2O2. The van der Waals surface area contributed by atoms with Gasteiger partial charge in [-0.25, -0.2) is 0 Å². The molecule has 0 spiro atoms. The van der Waals surface area contributed by atoms with Crippen molar-refractivity contribution >= 4 is 29.1 Å². The molecule has 0 heterocycles. The molecule has 2 rings (SSSR count). The van der Waals surface area contributed by atoms with Gasteiger partial charge in [0, 0.05) is 24.2 Å². The van der Waals surface area contributed by atoms with Crippen LogP contribution in [0.2, 0.25) is 5.02 Å². The third-order valence-corrected chi connectivity index (χ3v) is 4.36. The Balaban J connectivity index is 2.08. The molecular weight excluding hydrogens is 324 g/mol. The molecule has 0 atom stereocenters. The molecule has 0 saturated heterocycles. The number of benzene rings is 2. The molecule has 0 aliphatic rings. The topological polar surface area (TPSA) is 49.4 Å². The zero-order valence-electron chi connectivity index (χ0n) is 14.1. The van der Waals surface area contributed by atoms with E-state index in [-0.39, 0.29) is 18.4 Å². The van der Waals surface area contributed by atoms with E-state index in [4.69, 9.17) is 11.6 Å². The quantitative estimate of drug-likeness (QED) is 0.900. The number of nitrogens with one attached hydrogen (secondary N) is 1. The van der Waals surface area contributed by atoms with Gasteiger partial charge in [-0.3, -0.25) is 9.59 Å². The number of aryl methyl sites for hydroxylation is 1. The van der Waals surface area contributed by atoms with E-state index in [1.54, 1.807) is 18.2 Å². The molecule has 2 aromatic rings. The summed E-state index contributed by atoms with van der Waals surface area (Å²) in [6.07, 6.45) is 0. The predicted molar refractivity (Wildman–Crippen MR) is 97.2 cm³/mol. The number of hydrogen-bond donors (Lipinski definition) is 1. The van der Waals surface area contributed by atoms with Gasteiger partial charge in [-0.2, -0.15) is 0 Å². The summed E-state index contributed by atoms with van der Waals surface area (Å²) < 4.78 is 0. The summed E-state index contributed by atoms with van der Waals surface area (Å²) in [7, 11) is 0. The van der Waals surface area contributed by atoms with Crippen molar-refractivity contribution in [1.29, 1.82) is 0 Å². The van der Waals surface area contributed by atoms with Gasteiger partial charge in [0.1, 0.15) is 6.54 Å². The number of anilines is 1. The van der Waals surface area contributed by atoms with Crippen LogP contribution in [0.25, 0.3) is 0 Å². The SMILES string of the molecule is CC(=O)N(CC(=O)NCc1ccccc1C)c1cccc(Cl)c1C. The predicted octanol–water partition coefficient (Wildman–Crippen LogP) is 3.63. The third-order valence-electron chi connectivity index (χ3n) is 3.95. The lowest BCUT2D eigenvalue weighted by Gasteiger charge is -2.23. The van der Waals surface area contributed by atoms with Crippen molar-refractivity contribution < 1.29 is 9.59 Å². The first-order valence-corrected chi connectivity index (χ1v) is 8.12. The smallest absolute Gasteiger partial charge is 0.240 e. The van der Waals surface area contributed by atoms with Crippen molar-refractivity contribution in [2.24, 2.45) is 0 Å². The first-order valence-electron chi connectivity index (χ1n) is 7.74. The van der Waals surface area contributed by atoms with Gasteiger partial charge in [0.05, 0.1) is 0 Å². The lowest BCUT2D eigenvalue weighted by atomic mass is 10.1. The van der Waals surface area contributed by atoms with E-state index in [9.17, 15) is 9.59 Å². The van der Waals surface area contributed by atoms with Crippen LogP contribution in [0.5, 0.6) is 0 Å². The molecule has 5 heteroatoms. The largest absolute Gasteiger partial charge is 0.350 e. The zero-order valence-corrected chi connectivity index (χ0v) is 14.9. The minimum Gasteiger partial charge on any atom is -0.350 e. The highest BCUT2D eigenvalue weighted by atomic mass is 35.5. The standard InChI is InChI=1S/C19H21ClN2O2/c1-13-7-4-5-8-16(13)11-21-19(24)12-22(15(3)23)18-10-6-9-17(20)14(18)2/h4-10H,11-12H2,1-3H3,(H,21,24). The molecule has 4 nitrogen and oxygen atoms in total. The van der Waals surface area contributed by atoms with Crippen molar-refractivity contribution in [3.8, 4) is 0 Å². The Hall–Kier alpha value is -2.33. The molecule has 0 unspecified atom stereocenters. The van der Waals surface area contributed by atoms with Gasteiger partial charge >= 0.3 is 0 Å². The van der Waals surface area contributed by atoms with Crippen molar-refractivity contribution in [1.82, 2.24) is 5.32 Å². The van der Waals surface area contributed by atoms with Crippen molar-refractivity contribution in [3.05, 3.63) is 64.2 Å². The summed E-state index contributed by atoms with van der Waals surface area (Å²) in [6, 6.07) is 13.2. The first kappa shape index (κ1) is 18.0. The van der Waals surface area contributed by atoms with Crippen molar-refractivity contribution in [2.75, 3.05) is 11.4 Å². The maximum atomic E-state index is 12.3. The fourth-order valence-corrected chi connectivity index (χ4v) is 2.63. The van der Waals surface area contributed by atoms with E-state index >= 15 is 0 Å². The Bertz CT molecular complexity index is 759. The summed E-state index contributed by atoms with van der Waals surface area (Å²) in [5.41, 5.74) is 3.60. The molecule has 2 aromatic carbocycles. The molecule has 0 bridgehead atoms. The Kier molecular flexibility index (Phi) is 5.99. The second-order valence-electron chi connectivity index (χ2n) is 5.69. The van der Waals surface area contributed by atoms with E-state index in [0.717, 1.165) is 16.7 Å². The van der Waals surface area contributed by atoms with Gasteiger partial charge in [0.2, 0.25) is 11.8 Å². The average molecular weight is 345 g/mol. The normalized spacial score (nSPS) is 10.3. The third kappa shape index (κ3) is 4.36. The van der Waals surface area contributed by atoms with Gasteiger partial charge in [-0.05, 0) is 42.7 Å². The van der Waals surface area contributed by atoms with Gasteiger partial charge < -0.3 is 10.2 Å². The molecule has 0 aliphatic carbocycles. The number of carbonyl (C=O) groups excluding carboxylic acids is 2. The van der Waals surface area contributed by atoms with Crippen LogP contribution in [0.4, 0.5) is 5.69 Å². The zero-order chi connectivity index (χ0) is 17.7. The molecule has 2 amide bonds. The van der Waals surface area contributed by atoms with Crippen LogP contribution in [-0.2, 0) is 16.1 Å². The average Bonchev–Trinajstić information content (AvgIpc) is 2.54. The maximum absolute atomic E-state index is 12.3. The van der Waals surface area contributed by atoms with E-state index < -0.39 is 0 Å². The van der Waals surface area contributed by atoms with E-state index in [1.807, 2.05) is 38.1 Å². The second kappa shape index (κ2) is 7.97. The van der Waals surface area contributed by atoms with Crippen LogP contribution < -0.4 is 10.2 Å². The number of hydrogen-bond acceptors (Lipinski definition) is 2. The van der Waals surface area contributed by atoms with Gasteiger partial charge in [0.25, 0.3) is 0 Å². The van der Waals surface area contributed by atoms with Crippen LogP contribution in [0, 0.1) is 13.8 Å². The first-order chi connectivity index (χ1) is 11.4. The molecule has 1 N–H and O–H groups in total. The van der Waals surface area contributed by atoms with Gasteiger partial charge in [0.15, 0.2) is 0 Å². The highest BCUT2D eigenvalue weighted by molar-refractivity contribution is 6.31. The lowest BCUT2D eigenvalue weighted by molar-refractivity contribution is -0.123. The summed E-state index contributed by atoms with van der Waals surface area (Å²) in [4.78, 5) is 25.7. The summed E-state index contributed by atoms with van der Waals surface area (Å²) in [5.74, 6) is -0.417. The number of halogens is 1. The van der Waals surface area contributed by atoms with E-state index in [0.29, 0.717) is 17.3 Å². The monoisotopic (exact) mass is 344 g/mol. The number of nitrogens with zero attached hydrogens (tertiary/aromatic N) is 1. The summed E-state index contributed by atoms with van der Waals surface area (Å²) in [5, 5.41) is 3.43. The fraction of sp³-hybridized carbons (Fsp3) is 0.263. The van der Waals surface area contributed by atoms with E-state index in [2.05, 4.69) is 5.32 Å². The molecule has 0 saturated carbocycles. The highest BCUT2D eigenvalue weighted by Crippen LogP contribution is 2.26. The molecule has 126 valence electrons. The number of rotatable bonds is 5. The molecule has 0 aliphatic heterocycles. The Morgan fingerprint density at radius 3 is 2.46 bits per heavy atom. The number of carbonyl (C=O) groups is 2.